The van der Waals surface area contributed by atoms with Crippen molar-refractivity contribution in [1.82, 2.24) is 9.47 Å². The van der Waals surface area contributed by atoms with Gasteiger partial charge in [-0.2, -0.15) is 0 Å². The number of nitrogens with zero attached hydrogens (tertiary/aromatic N) is 2. The lowest BCUT2D eigenvalue weighted by molar-refractivity contribution is 0.0527. The van der Waals surface area contributed by atoms with Gasteiger partial charge in [-0.15, -0.1) is 0 Å². The van der Waals surface area contributed by atoms with E-state index in [0.29, 0.717) is 12.2 Å². The fourth-order valence-corrected chi connectivity index (χ4v) is 3.95. The molecule has 0 saturated heterocycles. The van der Waals surface area contributed by atoms with Crippen molar-refractivity contribution in [2.45, 2.75) is 39.8 Å². The summed E-state index contributed by atoms with van der Waals surface area (Å²) in [4.78, 5) is 14.9. The van der Waals surface area contributed by atoms with Crippen LogP contribution >= 0.6 is 0 Å². The third kappa shape index (κ3) is 5.03. The molecule has 1 unspecified atom stereocenters. The van der Waals surface area contributed by atoms with Crippen LogP contribution in [0.25, 0.3) is 10.9 Å². The largest absolute Gasteiger partial charge is 0.489 e. The van der Waals surface area contributed by atoms with Crippen LogP contribution in [0.4, 0.5) is 0 Å². The average molecular weight is 409 g/mol. The number of aryl methyl sites for hydroxylation is 2. The number of rotatable bonds is 9. The van der Waals surface area contributed by atoms with Gasteiger partial charge in [-0.3, -0.25) is 0 Å². The molecule has 2 aromatic carbocycles. The number of likely N-dealkylation sites (N-methyl/N-ethyl adjacent to an activating group) is 1. The predicted octanol–water partition coefficient (Wildman–Crippen LogP) is 4.70. The quantitative estimate of drug-likeness (QED) is 0.482. The number of esters is 1. The van der Waals surface area contributed by atoms with E-state index in [1.165, 1.54) is 5.56 Å². The summed E-state index contributed by atoms with van der Waals surface area (Å²) in [7, 11) is 4.05. The van der Waals surface area contributed by atoms with Gasteiger partial charge in [-0.25, -0.2) is 4.79 Å². The maximum absolute atomic E-state index is 12.8. The highest BCUT2D eigenvalue weighted by molar-refractivity contribution is 6.06. The molecule has 160 valence electrons. The highest BCUT2D eigenvalue weighted by Gasteiger charge is 2.22. The first-order valence-corrected chi connectivity index (χ1v) is 10.6. The van der Waals surface area contributed by atoms with Crippen molar-refractivity contribution < 1.29 is 14.3 Å². The van der Waals surface area contributed by atoms with Gasteiger partial charge in [-0.05, 0) is 65.0 Å². The SMILES string of the molecule is CCOC(=O)c1c(C)n(CCc2ccccc2)c2ccc(OC(C)CN(C)C)cc12. The topological polar surface area (TPSA) is 43.7 Å². The van der Waals surface area contributed by atoms with Crippen molar-refractivity contribution in [2.75, 3.05) is 27.2 Å². The summed E-state index contributed by atoms with van der Waals surface area (Å²) < 4.78 is 13.7. The fraction of sp³-hybridized carbons (Fsp3) is 0.400. The van der Waals surface area contributed by atoms with E-state index in [1.54, 1.807) is 0 Å². The minimum absolute atomic E-state index is 0.0461. The Morgan fingerprint density at radius 3 is 2.53 bits per heavy atom. The molecule has 1 aromatic heterocycles. The number of carbonyl (C=O) groups is 1. The number of carbonyl (C=O) groups excluding carboxylic acids is 1. The molecular weight excluding hydrogens is 376 g/mol. The lowest BCUT2D eigenvalue weighted by Gasteiger charge is -2.19. The lowest BCUT2D eigenvalue weighted by atomic mass is 10.1. The smallest absolute Gasteiger partial charge is 0.340 e. The van der Waals surface area contributed by atoms with E-state index in [-0.39, 0.29) is 12.1 Å². The Balaban J connectivity index is 1.97. The molecule has 0 fully saturated rings. The van der Waals surface area contributed by atoms with Crippen LogP contribution in [0.15, 0.2) is 48.5 Å². The van der Waals surface area contributed by atoms with Crippen molar-refractivity contribution in [3.8, 4) is 5.75 Å². The molecule has 3 rings (SSSR count). The number of hydrogen-bond acceptors (Lipinski definition) is 4. The number of benzene rings is 2. The second kappa shape index (κ2) is 9.81. The molecule has 0 spiro atoms. The Hall–Kier alpha value is -2.79. The van der Waals surface area contributed by atoms with Crippen molar-refractivity contribution in [1.29, 1.82) is 0 Å². The van der Waals surface area contributed by atoms with Crippen LogP contribution in [0.2, 0.25) is 0 Å². The molecule has 0 bridgehead atoms. The van der Waals surface area contributed by atoms with Crippen molar-refractivity contribution in [3.63, 3.8) is 0 Å². The lowest BCUT2D eigenvalue weighted by Crippen LogP contribution is -2.27. The van der Waals surface area contributed by atoms with Crippen molar-refractivity contribution >= 4 is 16.9 Å². The molecule has 1 atom stereocenters. The monoisotopic (exact) mass is 408 g/mol. The Morgan fingerprint density at radius 1 is 1.13 bits per heavy atom. The zero-order chi connectivity index (χ0) is 21.7. The molecule has 0 aliphatic carbocycles. The minimum Gasteiger partial charge on any atom is -0.489 e. The van der Waals surface area contributed by atoms with Crippen LogP contribution in [0.1, 0.15) is 35.5 Å². The van der Waals surface area contributed by atoms with Crippen molar-refractivity contribution in [2.24, 2.45) is 0 Å². The van der Waals surface area contributed by atoms with E-state index >= 15 is 0 Å². The summed E-state index contributed by atoms with van der Waals surface area (Å²) in [6.45, 7) is 7.84. The first-order chi connectivity index (χ1) is 14.4. The molecule has 30 heavy (non-hydrogen) atoms. The summed E-state index contributed by atoms with van der Waals surface area (Å²) >= 11 is 0. The zero-order valence-electron chi connectivity index (χ0n) is 18.6. The number of hydrogen-bond donors (Lipinski definition) is 0. The Bertz CT molecular complexity index is 993. The maximum Gasteiger partial charge on any atom is 0.340 e. The molecule has 0 radical (unpaired) electrons. The Kier molecular flexibility index (Phi) is 7.16. The number of fused-ring (bicyclic) bond motifs is 1. The highest BCUT2D eigenvalue weighted by atomic mass is 16.5. The molecule has 0 saturated carbocycles. The van der Waals surface area contributed by atoms with E-state index in [1.807, 2.05) is 59.1 Å². The molecule has 0 amide bonds. The highest BCUT2D eigenvalue weighted by Crippen LogP contribution is 2.31. The van der Waals surface area contributed by atoms with Crippen LogP contribution in [0.3, 0.4) is 0 Å². The van der Waals surface area contributed by atoms with Crippen molar-refractivity contribution in [3.05, 3.63) is 65.4 Å². The van der Waals surface area contributed by atoms with E-state index in [2.05, 4.69) is 33.7 Å². The normalized spacial score (nSPS) is 12.3. The van der Waals surface area contributed by atoms with Crippen LogP contribution in [0.5, 0.6) is 5.75 Å². The number of aromatic nitrogens is 1. The minimum atomic E-state index is -0.281. The molecule has 3 aromatic rings. The maximum atomic E-state index is 12.8. The zero-order valence-corrected chi connectivity index (χ0v) is 18.6. The first kappa shape index (κ1) is 21.9. The number of ether oxygens (including phenoxy) is 2. The Labute approximate surface area is 179 Å². The van der Waals surface area contributed by atoms with E-state index in [4.69, 9.17) is 9.47 Å². The van der Waals surface area contributed by atoms with Crippen LogP contribution in [0, 0.1) is 6.92 Å². The third-order valence-corrected chi connectivity index (χ3v) is 5.20. The van der Waals surface area contributed by atoms with Gasteiger partial charge in [0.05, 0.1) is 12.2 Å². The molecule has 0 aliphatic heterocycles. The van der Waals surface area contributed by atoms with Gasteiger partial charge >= 0.3 is 5.97 Å². The molecule has 5 nitrogen and oxygen atoms in total. The van der Waals surface area contributed by atoms with E-state index in [9.17, 15) is 4.79 Å². The molecule has 1 heterocycles. The fourth-order valence-electron chi connectivity index (χ4n) is 3.95. The first-order valence-electron chi connectivity index (χ1n) is 10.6. The van der Waals surface area contributed by atoms with Gasteiger partial charge < -0.3 is 18.9 Å². The molecule has 0 aliphatic rings. The van der Waals surface area contributed by atoms with Gasteiger partial charge in [0.25, 0.3) is 0 Å². The van der Waals surface area contributed by atoms with Gasteiger partial charge in [0.2, 0.25) is 0 Å². The molecular formula is C25H32N2O3. The summed E-state index contributed by atoms with van der Waals surface area (Å²) in [5.74, 6) is 0.486. The van der Waals surface area contributed by atoms with Gasteiger partial charge in [0.1, 0.15) is 11.9 Å². The second-order valence-corrected chi connectivity index (χ2v) is 7.94. The summed E-state index contributed by atoms with van der Waals surface area (Å²) in [5, 5.41) is 0.883. The summed E-state index contributed by atoms with van der Waals surface area (Å²) in [5.41, 5.74) is 3.86. The summed E-state index contributed by atoms with van der Waals surface area (Å²) in [6.07, 6.45) is 0.941. The van der Waals surface area contributed by atoms with Crippen LogP contribution in [-0.4, -0.2) is 48.8 Å². The van der Waals surface area contributed by atoms with Gasteiger partial charge in [0, 0.05) is 29.7 Å². The van der Waals surface area contributed by atoms with Crippen LogP contribution in [-0.2, 0) is 17.7 Å². The Morgan fingerprint density at radius 2 is 1.87 bits per heavy atom. The third-order valence-electron chi connectivity index (χ3n) is 5.20. The molecule has 0 N–H and O–H groups in total. The second-order valence-electron chi connectivity index (χ2n) is 7.94. The predicted molar refractivity (Wildman–Crippen MR) is 121 cm³/mol. The van der Waals surface area contributed by atoms with Gasteiger partial charge in [0.15, 0.2) is 0 Å². The standard InChI is InChI=1S/C25H32N2O3/c1-6-29-25(28)24-19(3)27(15-14-20-10-8-7-9-11-20)23-13-12-21(16-22(23)24)30-18(2)17-26(4)5/h7-13,16,18H,6,14-15,17H2,1-5H3. The van der Waals surface area contributed by atoms with E-state index < -0.39 is 0 Å². The summed E-state index contributed by atoms with van der Waals surface area (Å²) in [6, 6.07) is 16.4. The van der Waals surface area contributed by atoms with Gasteiger partial charge in [-0.1, -0.05) is 30.3 Å². The van der Waals surface area contributed by atoms with E-state index in [0.717, 1.165) is 41.9 Å². The molecule has 5 heteroatoms. The van der Waals surface area contributed by atoms with Crippen LogP contribution < -0.4 is 4.74 Å². The average Bonchev–Trinajstić information content (AvgIpc) is 2.97.